The summed E-state index contributed by atoms with van der Waals surface area (Å²) in [5.41, 5.74) is 11.1. The molecule has 0 aliphatic rings. The first-order valence-corrected chi connectivity index (χ1v) is 7.08. The summed E-state index contributed by atoms with van der Waals surface area (Å²) >= 11 is 1.61. The fraction of sp³-hybridized carbons (Fsp3) is 0.357. The lowest BCUT2D eigenvalue weighted by molar-refractivity contribution is 0.407. The molecule has 0 amide bonds. The zero-order valence-electron chi connectivity index (χ0n) is 11.5. The molecular formula is C14H19N3OS. The van der Waals surface area contributed by atoms with E-state index >= 15 is 0 Å². The second-order valence-corrected chi connectivity index (χ2v) is 5.24. The van der Waals surface area contributed by atoms with Crippen LogP contribution in [0.5, 0.6) is 5.75 Å². The fourth-order valence-corrected chi connectivity index (χ4v) is 2.69. The molecule has 2 aromatic rings. The van der Waals surface area contributed by atoms with Gasteiger partial charge in [-0.15, -0.1) is 11.3 Å². The maximum absolute atomic E-state index is 6.08. The Morgan fingerprint density at radius 3 is 2.84 bits per heavy atom. The zero-order valence-corrected chi connectivity index (χ0v) is 12.3. The number of thiazole rings is 1. The van der Waals surface area contributed by atoms with Crippen LogP contribution in [-0.2, 0) is 6.54 Å². The van der Waals surface area contributed by atoms with Crippen LogP contribution in [0, 0.1) is 0 Å². The molecule has 2 N–H and O–H groups in total. The molecule has 19 heavy (non-hydrogen) atoms. The van der Waals surface area contributed by atoms with Gasteiger partial charge in [-0.1, -0.05) is 6.07 Å². The third-order valence-corrected chi connectivity index (χ3v) is 3.65. The predicted octanol–water partition coefficient (Wildman–Crippen LogP) is 2.81. The van der Waals surface area contributed by atoms with Crippen molar-refractivity contribution >= 4 is 17.0 Å². The van der Waals surface area contributed by atoms with Crippen LogP contribution in [0.15, 0.2) is 29.1 Å². The summed E-state index contributed by atoms with van der Waals surface area (Å²) in [4.78, 5) is 6.46. The van der Waals surface area contributed by atoms with Gasteiger partial charge >= 0.3 is 0 Å². The molecule has 0 spiro atoms. The predicted molar refractivity (Wildman–Crippen MR) is 79.8 cm³/mol. The number of nitrogens with two attached hydrogens (primary N) is 1. The quantitative estimate of drug-likeness (QED) is 0.913. The first-order valence-electron chi connectivity index (χ1n) is 6.14. The lowest BCUT2D eigenvalue weighted by atomic mass is 10.0. The summed E-state index contributed by atoms with van der Waals surface area (Å²) in [5, 5.41) is 2.06. The van der Waals surface area contributed by atoms with E-state index in [0.717, 1.165) is 29.2 Å². The van der Waals surface area contributed by atoms with Gasteiger partial charge in [-0.3, -0.25) is 0 Å². The number of rotatable bonds is 5. The summed E-state index contributed by atoms with van der Waals surface area (Å²) in [6.07, 6.45) is 0. The van der Waals surface area contributed by atoms with E-state index in [0.29, 0.717) is 0 Å². The highest BCUT2D eigenvalue weighted by Gasteiger charge is 2.16. The van der Waals surface area contributed by atoms with E-state index in [4.69, 9.17) is 10.5 Å². The molecule has 1 atom stereocenters. The number of benzene rings is 1. The zero-order chi connectivity index (χ0) is 13.8. The van der Waals surface area contributed by atoms with Crippen molar-refractivity contribution in [1.29, 1.82) is 0 Å². The molecule has 1 aromatic carbocycles. The largest absolute Gasteiger partial charge is 0.496 e. The third kappa shape index (κ3) is 3.05. The summed E-state index contributed by atoms with van der Waals surface area (Å²) < 4.78 is 5.41. The molecule has 5 heteroatoms. The minimum atomic E-state index is -0.0796. The van der Waals surface area contributed by atoms with Crippen molar-refractivity contribution in [2.75, 3.05) is 19.1 Å². The number of ether oxygens (including phenoxy) is 1. The second kappa shape index (κ2) is 6.04. The summed E-state index contributed by atoms with van der Waals surface area (Å²) in [6, 6.07) is 5.91. The van der Waals surface area contributed by atoms with Crippen molar-refractivity contribution in [2.24, 2.45) is 5.73 Å². The lowest BCUT2D eigenvalue weighted by Crippen LogP contribution is -2.20. The SMILES string of the molecule is COc1cccc(N(C)Cc2cscn2)c1C(C)N. The van der Waals surface area contributed by atoms with Crippen LogP contribution in [0.25, 0.3) is 0 Å². The molecule has 102 valence electrons. The minimum absolute atomic E-state index is 0.0796. The van der Waals surface area contributed by atoms with E-state index in [9.17, 15) is 0 Å². The van der Waals surface area contributed by atoms with Gasteiger partial charge in [0, 0.05) is 29.7 Å². The van der Waals surface area contributed by atoms with Crippen molar-refractivity contribution < 1.29 is 4.74 Å². The first-order chi connectivity index (χ1) is 9.13. The molecule has 0 fully saturated rings. The van der Waals surface area contributed by atoms with Crippen LogP contribution in [0.2, 0.25) is 0 Å². The third-order valence-electron chi connectivity index (χ3n) is 3.01. The van der Waals surface area contributed by atoms with Crippen LogP contribution in [0.4, 0.5) is 5.69 Å². The average molecular weight is 277 g/mol. The summed E-state index contributed by atoms with van der Waals surface area (Å²) in [7, 11) is 3.71. The molecule has 1 unspecified atom stereocenters. The van der Waals surface area contributed by atoms with Crippen molar-refractivity contribution in [3.63, 3.8) is 0 Å². The number of methoxy groups -OCH3 is 1. The molecule has 0 aliphatic heterocycles. The van der Waals surface area contributed by atoms with Gasteiger partial charge in [-0.05, 0) is 19.1 Å². The molecule has 0 aliphatic carbocycles. The highest BCUT2D eigenvalue weighted by Crippen LogP contribution is 2.33. The smallest absolute Gasteiger partial charge is 0.125 e. The monoisotopic (exact) mass is 277 g/mol. The first kappa shape index (κ1) is 13.8. The van der Waals surface area contributed by atoms with Gasteiger partial charge in [0.25, 0.3) is 0 Å². The minimum Gasteiger partial charge on any atom is -0.496 e. The number of hydrogen-bond donors (Lipinski definition) is 1. The number of nitrogens with zero attached hydrogens (tertiary/aromatic N) is 2. The number of anilines is 1. The van der Waals surface area contributed by atoms with Crippen LogP contribution in [0.3, 0.4) is 0 Å². The average Bonchev–Trinajstić information content (AvgIpc) is 2.90. The van der Waals surface area contributed by atoms with E-state index in [1.807, 2.05) is 31.6 Å². The molecule has 2 rings (SSSR count). The summed E-state index contributed by atoms with van der Waals surface area (Å²) in [6.45, 7) is 2.73. The molecular weight excluding hydrogens is 258 g/mol. The standard InChI is InChI=1S/C14H19N3OS/c1-10(15)14-12(5-4-6-13(14)18-3)17(2)7-11-8-19-9-16-11/h4-6,8-10H,7,15H2,1-3H3. The van der Waals surface area contributed by atoms with Crippen LogP contribution >= 0.6 is 11.3 Å². The van der Waals surface area contributed by atoms with Gasteiger partial charge in [0.2, 0.25) is 0 Å². The van der Waals surface area contributed by atoms with Gasteiger partial charge in [-0.25, -0.2) is 4.98 Å². The Bertz CT molecular complexity index is 525. The lowest BCUT2D eigenvalue weighted by Gasteiger charge is -2.24. The molecule has 1 aromatic heterocycles. The van der Waals surface area contributed by atoms with Gasteiger partial charge in [0.1, 0.15) is 5.75 Å². The Labute approximate surface area is 117 Å². The number of aromatic nitrogens is 1. The Kier molecular flexibility index (Phi) is 4.39. The normalized spacial score (nSPS) is 12.2. The van der Waals surface area contributed by atoms with E-state index in [1.54, 1.807) is 18.4 Å². The highest BCUT2D eigenvalue weighted by atomic mass is 32.1. The van der Waals surface area contributed by atoms with Gasteiger partial charge in [-0.2, -0.15) is 0 Å². The maximum Gasteiger partial charge on any atom is 0.125 e. The Morgan fingerprint density at radius 2 is 2.26 bits per heavy atom. The van der Waals surface area contributed by atoms with Gasteiger partial charge < -0.3 is 15.4 Å². The highest BCUT2D eigenvalue weighted by molar-refractivity contribution is 7.07. The molecule has 0 bridgehead atoms. The van der Waals surface area contributed by atoms with Gasteiger partial charge in [0.05, 0.1) is 24.9 Å². The van der Waals surface area contributed by atoms with E-state index < -0.39 is 0 Å². The Hall–Kier alpha value is -1.59. The van der Waals surface area contributed by atoms with Crippen molar-refractivity contribution in [3.8, 4) is 5.75 Å². The molecule has 0 saturated heterocycles. The summed E-state index contributed by atoms with van der Waals surface area (Å²) in [5.74, 6) is 0.831. The molecule has 0 radical (unpaired) electrons. The Balaban J connectivity index is 2.32. The van der Waals surface area contributed by atoms with Crippen LogP contribution in [0.1, 0.15) is 24.2 Å². The number of hydrogen-bond acceptors (Lipinski definition) is 5. The molecule has 0 saturated carbocycles. The molecule has 4 nitrogen and oxygen atoms in total. The van der Waals surface area contributed by atoms with E-state index in [2.05, 4.69) is 21.3 Å². The van der Waals surface area contributed by atoms with Crippen LogP contribution < -0.4 is 15.4 Å². The fourth-order valence-electron chi connectivity index (χ4n) is 2.14. The second-order valence-electron chi connectivity index (χ2n) is 4.52. The molecule has 1 heterocycles. The Morgan fingerprint density at radius 1 is 1.47 bits per heavy atom. The van der Waals surface area contributed by atoms with Crippen molar-refractivity contribution in [2.45, 2.75) is 19.5 Å². The maximum atomic E-state index is 6.08. The van der Waals surface area contributed by atoms with Crippen molar-refractivity contribution in [1.82, 2.24) is 4.98 Å². The van der Waals surface area contributed by atoms with E-state index in [1.165, 1.54) is 0 Å². The van der Waals surface area contributed by atoms with Crippen molar-refractivity contribution in [3.05, 3.63) is 40.3 Å². The van der Waals surface area contributed by atoms with Gasteiger partial charge in [0.15, 0.2) is 0 Å². The van der Waals surface area contributed by atoms with E-state index in [-0.39, 0.29) is 6.04 Å². The topological polar surface area (TPSA) is 51.4 Å². The van der Waals surface area contributed by atoms with Crippen LogP contribution in [-0.4, -0.2) is 19.1 Å².